The molecule has 0 fully saturated rings. The molecule has 1 unspecified atom stereocenters. The van der Waals surface area contributed by atoms with Gasteiger partial charge in [0, 0.05) is 12.1 Å². The quantitative estimate of drug-likeness (QED) is 0.764. The van der Waals surface area contributed by atoms with Gasteiger partial charge in [0.15, 0.2) is 11.5 Å². The first kappa shape index (κ1) is 16.3. The Hall–Kier alpha value is -1.75. The standard InChI is InChI=1S/C15H23NO4/c1-4-6-12(17)10-16-15(18)11-7-8-13(19-3)14(9-11)20-5-2/h7-9,12,17H,4-6,10H2,1-3H3,(H,16,18). The SMILES string of the molecule is CCCC(O)CNC(=O)c1ccc(OC)c(OCC)c1. The Kier molecular flexibility index (Phi) is 6.87. The summed E-state index contributed by atoms with van der Waals surface area (Å²) in [5.41, 5.74) is 0.484. The van der Waals surface area contributed by atoms with E-state index in [0.29, 0.717) is 30.1 Å². The minimum atomic E-state index is -0.506. The van der Waals surface area contributed by atoms with E-state index in [1.807, 2.05) is 13.8 Å². The van der Waals surface area contributed by atoms with Crippen LogP contribution in [0.4, 0.5) is 0 Å². The minimum Gasteiger partial charge on any atom is -0.493 e. The van der Waals surface area contributed by atoms with E-state index in [1.54, 1.807) is 25.3 Å². The van der Waals surface area contributed by atoms with E-state index in [9.17, 15) is 9.90 Å². The zero-order valence-corrected chi connectivity index (χ0v) is 12.3. The second kappa shape index (κ2) is 8.43. The normalized spacial score (nSPS) is 11.8. The number of carbonyl (C=O) groups is 1. The third-order valence-electron chi connectivity index (χ3n) is 2.85. The molecule has 2 N–H and O–H groups in total. The summed E-state index contributed by atoms with van der Waals surface area (Å²) in [4.78, 5) is 12.0. The molecule has 0 spiro atoms. The number of carbonyl (C=O) groups excluding carboxylic acids is 1. The van der Waals surface area contributed by atoms with Crippen LogP contribution < -0.4 is 14.8 Å². The van der Waals surface area contributed by atoms with Crippen molar-refractivity contribution in [1.29, 1.82) is 0 Å². The highest BCUT2D eigenvalue weighted by molar-refractivity contribution is 5.94. The van der Waals surface area contributed by atoms with Crippen molar-refractivity contribution in [3.05, 3.63) is 23.8 Å². The molecule has 0 bridgehead atoms. The van der Waals surface area contributed by atoms with Crippen molar-refractivity contribution in [1.82, 2.24) is 5.32 Å². The maximum absolute atomic E-state index is 12.0. The van der Waals surface area contributed by atoms with Crippen molar-refractivity contribution in [2.24, 2.45) is 0 Å². The van der Waals surface area contributed by atoms with Crippen LogP contribution in [0.5, 0.6) is 11.5 Å². The Bertz CT molecular complexity index is 434. The van der Waals surface area contributed by atoms with Crippen molar-refractivity contribution < 1.29 is 19.4 Å². The molecule has 0 aromatic heterocycles. The number of ether oxygens (including phenoxy) is 2. The van der Waals surface area contributed by atoms with Crippen molar-refractivity contribution in [2.75, 3.05) is 20.3 Å². The van der Waals surface area contributed by atoms with Crippen molar-refractivity contribution in [2.45, 2.75) is 32.8 Å². The Morgan fingerprint density at radius 1 is 1.35 bits per heavy atom. The molecule has 0 aliphatic carbocycles. The molecule has 0 saturated carbocycles. The summed E-state index contributed by atoms with van der Waals surface area (Å²) >= 11 is 0. The Labute approximate surface area is 119 Å². The molecular weight excluding hydrogens is 258 g/mol. The molecule has 5 heteroatoms. The molecule has 0 aliphatic heterocycles. The Balaban J connectivity index is 2.70. The van der Waals surface area contributed by atoms with Crippen molar-refractivity contribution in [3.8, 4) is 11.5 Å². The minimum absolute atomic E-state index is 0.233. The van der Waals surface area contributed by atoms with Gasteiger partial charge < -0.3 is 19.9 Å². The fourth-order valence-electron chi connectivity index (χ4n) is 1.83. The lowest BCUT2D eigenvalue weighted by Gasteiger charge is -2.13. The number of aliphatic hydroxyl groups excluding tert-OH is 1. The zero-order valence-electron chi connectivity index (χ0n) is 12.3. The van der Waals surface area contributed by atoms with Gasteiger partial charge in [0.1, 0.15) is 0 Å². The van der Waals surface area contributed by atoms with Crippen LogP contribution in [0.3, 0.4) is 0 Å². The number of rotatable bonds is 8. The van der Waals surface area contributed by atoms with Gasteiger partial charge in [0.05, 0.1) is 19.8 Å². The zero-order chi connectivity index (χ0) is 15.0. The number of hydrogen-bond donors (Lipinski definition) is 2. The number of nitrogens with one attached hydrogen (secondary N) is 1. The summed E-state index contributed by atoms with van der Waals surface area (Å²) in [7, 11) is 1.55. The van der Waals surface area contributed by atoms with Crippen LogP contribution in [0.1, 0.15) is 37.0 Å². The topological polar surface area (TPSA) is 67.8 Å². The highest BCUT2D eigenvalue weighted by atomic mass is 16.5. The van der Waals surface area contributed by atoms with E-state index in [1.165, 1.54) is 0 Å². The van der Waals surface area contributed by atoms with Crippen LogP contribution in [0.2, 0.25) is 0 Å². The summed E-state index contributed by atoms with van der Waals surface area (Å²) in [6.07, 6.45) is 1.05. The highest BCUT2D eigenvalue weighted by Gasteiger charge is 2.12. The predicted octanol–water partition coefficient (Wildman–Crippen LogP) is 1.98. The molecule has 112 valence electrons. The van der Waals surface area contributed by atoms with Crippen LogP contribution in [0.25, 0.3) is 0 Å². The lowest BCUT2D eigenvalue weighted by Crippen LogP contribution is -2.32. The average molecular weight is 281 g/mol. The second-order valence-corrected chi connectivity index (χ2v) is 4.45. The smallest absolute Gasteiger partial charge is 0.251 e. The van der Waals surface area contributed by atoms with Crippen LogP contribution >= 0.6 is 0 Å². The molecule has 5 nitrogen and oxygen atoms in total. The van der Waals surface area contributed by atoms with Gasteiger partial charge in [-0.05, 0) is 31.5 Å². The number of aliphatic hydroxyl groups is 1. The van der Waals surface area contributed by atoms with Crippen molar-refractivity contribution in [3.63, 3.8) is 0 Å². The number of hydrogen-bond acceptors (Lipinski definition) is 4. The molecule has 0 aliphatic rings. The average Bonchev–Trinajstić information content (AvgIpc) is 2.45. The van der Waals surface area contributed by atoms with Crippen LogP contribution in [0, 0.1) is 0 Å². The fourth-order valence-corrected chi connectivity index (χ4v) is 1.83. The first-order valence-corrected chi connectivity index (χ1v) is 6.89. The van der Waals surface area contributed by atoms with Gasteiger partial charge in [-0.2, -0.15) is 0 Å². The van der Waals surface area contributed by atoms with E-state index < -0.39 is 6.10 Å². The number of methoxy groups -OCH3 is 1. The van der Waals surface area contributed by atoms with Gasteiger partial charge in [-0.1, -0.05) is 13.3 Å². The molecule has 1 aromatic carbocycles. The molecule has 1 aromatic rings. The van der Waals surface area contributed by atoms with Crippen LogP contribution in [0.15, 0.2) is 18.2 Å². The number of amides is 1. The monoisotopic (exact) mass is 281 g/mol. The van der Waals surface area contributed by atoms with E-state index in [0.717, 1.165) is 6.42 Å². The summed E-state index contributed by atoms with van der Waals surface area (Å²) in [6.45, 7) is 4.61. The summed E-state index contributed by atoms with van der Waals surface area (Å²) in [5, 5.41) is 12.3. The van der Waals surface area contributed by atoms with Crippen LogP contribution in [-0.2, 0) is 0 Å². The summed E-state index contributed by atoms with van der Waals surface area (Å²) < 4.78 is 10.6. The molecule has 0 heterocycles. The van der Waals surface area contributed by atoms with E-state index in [2.05, 4.69) is 5.32 Å². The molecule has 0 radical (unpaired) electrons. The largest absolute Gasteiger partial charge is 0.493 e. The fraction of sp³-hybridized carbons (Fsp3) is 0.533. The molecule has 1 atom stereocenters. The van der Waals surface area contributed by atoms with Gasteiger partial charge >= 0.3 is 0 Å². The first-order valence-electron chi connectivity index (χ1n) is 6.89. The van der Waals surface area contributed by atoms with E-state index >= 15 is 0 Å². The maximum atomic E-state index is 12.0. The molecular formula is C15H23NO4. The second-order valence-electron chi connectivity index (χ2n) is 4.45. The van der Waals surface area contributed by atoms with E-state index in [-0.39, 0.29) is 12.5 Å². The van der Waals surface area contributed by atoms with Gasteiger partial charge in [-0.25, -0.2) is 0 Å². The lowest BCUT2D eigenvalue weighted by atomic mass is 10.1. The molecule has 1 amide bonds. The predicted molar refractivity (Wildman–Crippen MR) is 77.4 cm³/mol. The third kappa shape index (κ3) is 4.74. The van der Waals surface area contributed by atoms with E-state index in [4.69, 9.17) is 9.47 Å². The Morgan fingerprint density at radius 3 is 2.70 bits per heavy atom. The Morgan fingerprint density at radius 2 is 2.10 bits per heavy atom. The molecule has 20 heavy (non-hydrogen) atoms. The van der Waals surface area contributed by atoms with Gasteiger partial charge in [-0.3, -0.25) is 4.79 Å². The highest BCUT2D eigenvalue weighted by Crippen LogP contribution is 2.27. The van der Waals surface area contributed by atoms with Crippen LogP contribution in [-0.4, -0.2) is 37.4 Å². The first-order chi connectivity index (χ1) is 9.62. The van der Waals surface area contributed by atoms with Gasteiger partial charge in [0.25, 0.3) is 5.91 Å². The molecule has 0 saturated heterocycles. The van der Waals surface area contributed by atoms with Gasteiger partial charge in [-0.15, -0.1) is 0 Å². The summed E-state index contributed by atoms with van der Waals surface area (Å²) in [5.74, 6) is 0.898. The molecule has 1 rings (SSSR count). The maximum Gasteiger partial charge on any atom is 0.251 e. The van der Waals surface area contributed by atoms with Gasteiger partial charge in [0.2, 0.25) is 0 Å². The summed E-state index contributed by atoms with van der Waals surface area (Å²) in [6, 6.07) is 5.01. The number of benzene rings is 1. The van der Waals surface area contributed by atoms with Crippen molar-refractivity contribution >= 4 is 5.91 Å². The lowest BCUT2D eigenvalue weighted by molar-refractivity contribution is 0.0909. The third-order valence-corrected chi connectivity index (χ3v) is 2.85.